The van der Waals surface area contributed by atoms with Crippen molar-refractivity contribution in [1.29, 1.82) is 0 Å². The minimum atomic E-state index is -1.49. The number of carboxylic acids is 1. The van der Waals surface area contributed by atoms with Crippen LogP contribution in [0.1, 0.15) is 26.3 Å². The molecule has 0 atom stereocenters. The standard InChI is InChI=1S/C24H13Cl4NO6S/c25-18-16(17(23(32)33)19(26)21(28)20(18)27)22(31)29-12-2-5-14(6-3-12)36-9-11-7-10-1-4-13(30)8-15(10)35-24(11)34/h1-8,30H,9H2,(H,29,31)(H,32,33). The van der Waals surface area contributed by atoms with Crippen LogP contribution in [-0.2, 0) is 5.75 Å². The molecule has 0 unspecified atom stereocenters. The second-order valence-electron chi connectivity index (χ2n) is 7.36. The molecule has 0 fully saturated rings. The first kappa shape index (κ1) is 26.2. The van der Waals surface area contributed by atoms with E-state index in [1.807, 2.05) is 0 Å². The number of carbonyl (C=O) groups excluding carboxylic acids is 1. The fourth-order valence-electron chi connectivity index (χ4n) is 3.28. The topological polar surface area (TPSA) is 117 Å². The van der Waals surface area contributed by atoms with E-state index in [2.05, 4.69) is 5.32 Å². The van der Waals surface area contributed by atoms with E-state index in [1.165, 1.54) is 23.9 Å². The van der Waals surface area contributed by atoms with Gasteiger partial charge in [0.05, 0.1) is 31.2 Å². The monoisotopic (exact) mass is 583 g/mol. The zero-order chi connectivity index (χ0) is 26.1. The van der Waals surface area contributed by atoms with Crippen LogP contribution in [0.3, 0.4) is 0 Å². The summed E-state index contributed by atoms with van der Waals surface area (Å²) in [6.45, 7) is 0. The van der Waals surface area contributed by atoms with Crippen LogP contribution in [-0.4, -0.2) is 22.1 Å². The van der Waals surface area contributed by atoms with Crippen molar-refractivity contribution in [2.24, 2.45) is 0 Å². The first-order valence-electron chi connectivity index (χ1n) is 9.96. The molecule has 4 rings (SSSR count). The van der Waals surface area contributed by atoms with Crippen LogP contribution in [0.25, 0.3) is 11.0 Å². The van der Waals surface area contributed by atoms with Crippen LogP contribution in [0.5, 0.6) is 5.75 Å². The lowest BCUT2D eigenvalue weighted by molar-refractivity contribution is 0.0692. The molecule has 1 amide bonds. The molecular formula is C24H13Cl4NO6S. The summed E-state index contributed by atoms with van der Waals surface area (Å²) in [5, 5.41) is 21.1. The Morgan fingerprint density at radius 1 is 0.889 bits per heavy atom. The Labute approximate surface area is 227 Å². The van der Waals surface area contributed by atoms with Crippen LogP contribution in [0, 0.1) is 0 Å². The van der Waals surface area contributed by atoms with Crippen molar-refractivity contribution in [1.82, 2.24) is 0 Å². The molecule has 36 heavy (non-hydrogen) atoms. The molecule has 0 saturated carbocycles. The quantitative estimate of drug-likeness (QED) is 0.0938. The third kappa shape index (κ3) is 5.28. The zero-order valence-corrected chi connectivity index (χ0v) is 21.6. The van der Waals surface area contributed by atoms with E-state index in [4.69, 9.17) is 50.8 Å². The highest BCUT2D eigenvalue weighted by Gasteiger charge is 2.28. The van der Waals surface area contributed by atoms with Crippen molar-refractivity contribution in [3.05, 3.63) is 95.7 Å². The summed E-state index contributed by atoms with van der Waals surface area (Å²) in [7, 11) is 0. The Kier molecular flexibility index (Phi) is 7.73. The van der Waals surface area contributed by atoms with Crippen molar-refractivity contribution in [3.63, 3.8) is 0 Å². The Hall–Kier alpha value is -2.88. The molecule has 184 valence electrons. The van der Waals surface area contributed by atoms with Gasteiger partial charge < -0.3 is 19.9 Å². The Morgan fingerprint density at radius 2 is 1.53 bits per heavy atom. The number of fused-ring (bicyclic) bond motifs is 1. The summed E-state index contributed by atoms with van der Waals surface area (Å²) >= 11 is 25.4. The summed E-state index contributed by atoms with van der Waals surface area (Å²) in [5.41, 5.74) is -0.394. The summed E-state index contributed by atoms with van der Waals surface area (Å²) in [5.74, 6) is -2.00. The number of hydrogen-bond donors (Lipinski definition) is 3. The Bertz CT molecular complexity index is 1590. The minimum absolute atomic E-state index is 0.00340. The van der Waals surface area contributed by atoms with Gasteiger partial charge in [0.1, 0.15) is 11.3 Å². The predicted octanol–water partition coefficient (Wildman–Crippen LogP) is 7.36. The van der Waals surface area contributed by atoms with Gasteiger partial charge in [-0.25, -0.2) is 9.59 Å². The van der Waals surface area contributed by atoms with Gasteiger partial charge >= 0.3 is 11.6 Å². The van der Waals surface area contributed by atoms with Gasteiger partial charge in [0.15, 0.2) is 0 Å². The molecule has 3 N–H and O–H groups in total. The van der Waals surface area contributed by atoms with Crippen LogP contribution in [0.2, 0.25) is 20.1 Å². The highest BCUT2D eigenvalue weighted by molar-refractivity contribution is 7.98. The lowest BCUT2D eigenvalue weighted by Crippen LogP contribution is -2.18. The maximum Gasteiger partial charge on any atom is 0.340 e. The number of nitrogens with one attached hydrogen (secondary N) is 1. The van der Waals surface area contributed by atoms with Crippen molar-refractivity contribution in [3.8, 4) is 5.75 Å². The van der Waals surface area contributed by atoms with Gasteiger partial charge in [0, 0.05) is 33.4 Å². The van der Waals surface area contributed by atoms with Crippen LogP contribution in [0.4, 0.5) is 5.69 Å². The molecule has 0 aliphatic heterocycles. The van der Waals surface area contributed by atoms with Gasteiger partial charge in [-0.05, 0) is 42.5 Å². The molecule has 4 aromatic rings. The second-order valence-corrected chi connectivity index (χ2v) is 9.92. The number of phenols is 1. The highest BCUT2D eigenvalue weighted by Crippen LogP contribution is 2.42. The van der Waals surface area contributed by atoms with Crippen LogP contribution < -0.4 is 10.9 Å². The summed E-state index contributed by atoms with van der Waals surface area (Å²) in [6, 6.07) is 12.9. The van der Waals surface area contributed by atoms with Gasteiger partial charge in [-0.3, -0.25) is 4.79 Å². The molecule has 0 radical (unpaired) electrons. The molecule has 0 spiro atoms. The van der Waals surface area contributed by atoms with Crippen LogP contribution >= 0.6 is 58.2 Å². The normalized spacial score (nSPS) is 11.0. The number of aromatic hydroxyl groups is 1. The average molecular weight is 585 g/mol. The number of anilines is 1. The fraction of sp³-hybridized carbons (Fsp3) is 0.0417. The molecule has 1 aromatic heterocycles. The lowest BCUT2D eigenvalue weighted by atomic mass is 10.1. The van der Waals surface area contributed by atoms with Crippen molar-refractivity contribution in [2.75, 3.05) is 5.32 Å². The Morgan fingerprint density at radius 3 is 2.17 bits per heavy atom. The third-order valence-corrected chi connectivity index (χ3v) is 7.87. The largest absolute Gasteiger partial charge is 0.508 e. The molecule has 1 heterocycles. The Balaban J connectivity index is 1.50. The second kappa shape index (κ2) is 10.6. The number of carbonyl (C=O) groups is 2. The molecule has 0 aliphatic carbocycles. The zero-order valence-electron chi connectivity index (χ0n) is 17.8. The number of aromatic carboxylic acids is 1. The smallest absolute Gasteiger partial charge is 0.340 e. The number of rotatable bonds is 6. The number of halogens is 4. The first-order chi connectivity index (χ1) is 17.1. The number of benzene rings is 3. The fourth-order valence-corrected chi connectivity index (χ4v) is 5.15. The maximum atomic E-state index is 12.9. The SMILES string of the molecule is O=C(O)c1c(Cl)c(Cl)c(Cl)c(Cl)c1C(=O)Nc1ccc(SCc2cc3ccc(O)cc3oc2=O)cc1. The molecule has 7 nitrogen and oxygen atoms in total. The van der Waals surface area contributed by atoms with Crippen molar-refractivity contribution < 1.29 is 24.2 Å². The van der Waals surface area contributed by atoms with Gasteiger partial charge in [0.2, 0.25) is 0 Å². The minimum Gasteiger partial charge on any atom is -0.508 e. The number of amides is 1. The van der Waals surface area contributed by atoms with E-state index < -0.39 is 33.7 Å². The molecule has 0 saturated heterocycles. The molecular weight excluding hydrogens is 572 g/mol. The van der Waals surface area contributed by atoms with Gasteiger partial charge in [-0.2, -0.15) is 0 Å². The number of thioether (sulfide) groups is 1. The molecule has 3 aromatic carbocycles. The van der Waals surface area contributed by atoms with Crippen LogP contribution in [0.15, 0.2) is 62.6 Å². The van der Waals surface area contributed by atoms with Crippen molar-refractivity contribution >= 4 is 86.7 Å². The predicted molar refractivity (Wildman–Crippen MR) is 142 cm³/mol. The molecule has 0 aliphatic rings. The lowest BCUT2D eigenvalue weighted by Gasteiger charge is -2.14. The summed E-state index contributed by atoms with van der Waals surface area (Å²) in [4.78, 5) is 37.6. The number of phenolic OH excluding ortho intramolecular Hbond substituents is 1. The van der Waals surface area contributed by atoms with E-state index in [-0.39, 0.29) is 20.8 Å². The van der Waals surface area contributed by atoms with Gasteiger partial charge in [-0.1, -0.05) is 46.4 Å². The van der Waals surface area contributed by atoms with Crippen molar-refractivity contribution in [2.45, 2.75) is 10.6 Å². The maximum absolute atomic E-state index is 12.9. The summed E-state index contributed by atoms with van der Waals surface area (Å²) in [6.07, 6.45) is 0. The highest BCUT2D eigenvalue weighted by atomic mass is 35.5. The van der Waals surface area contributed by atoms with E-state index in [1.54, 1.807) is 36.4 Å². The van der Waals surface area contributed by atoms with E-state index >= 15 is 0 Å². The third-order valence-electron chi connectivity index (χ3n) is 5.01. The van der Waals surface area contributed by atoms with E-state index in [9.17, 15) is 24.6 Å². The number of hydrogen-bond acceptors (Lipinski definition) is 6. The van der Waals surface area contributed by atoms with E-state index in [0.29, 0.717) is 28.0 Å². The van der Waals surface area contributed by atoms with Gasteiger partial charge in [-0.15, -0.1) is 11.8 Å². The first-order valence-corrected chi connectivity index (χ1v) is 12.5. The number of carboxylic acid groups (broad SMARTS) is 1. The van der Waals surface area contributed by atoms with E-state index in [0.717, 1.165) is 4.90 Å². The summed E-state index contributed by atoms with van der Waals surface area (Å²) < 4.78 is 5.27. The van der Waals surface area contributed by atoms with Gasteiger partial charge in [0.25, 0.3) is 5.91 Å². The average Bonchev–Trinajstić information content (AvgIpc) is 2.84. The molecule has 0 bridgehead atoms. The molecule has 12 heteroatoms.